The Balaban J connectivity index is 1.86. The van der Waals surface area contributed by atoms with Crippen molar-refractivity contribution < 1.29 is 14.6 Å². The number of aliphatic carboxylic acids is 1. The Morgan fingerprint density at radius 3 is 2.62 bits per heavy atom. The van der Waals surface area contributed by atoms with Crippen molar-refractivity contribution >= 4 is 5.97 Å². The number of carboxylic acids is 1. The van der Waals surface area contributed by atoms with Crippen LogP contribution in [0.3, 0.4) is 0 Å². The fourth-order valence-corrected chi connectivity index (χ4v) is 2.68. The Hall–Kier alpha value is -2.17. The molecule has 0 fully saturated rings. The maximum Gasteiger partial charge on any atom is 0.325 e. The number of hydrogen-bond donors (Lipinski definition) is 2. The summed E-state index contributed by atoms with van der Waals surface area (Å²) < 4.78 is 5.57. The highest BCUT2D eigenvalue weighted by molar-refractivity contribution is 5.75. The Morgan fingerprint density at radius 2 is 1.86 bits per heavy atom. The van der Waals surface area contributed by atoms with Gasteiger partial charge in [0.25, 0.3) is 0 Å². The van der Waals surface area contributed by atoms with Gasteiger partial charge in [-0.1, -0.05) is 54.6 Å². The van der Waals surface area contributed by atoms with E-state index in [1.165, 1.54) is 0 Å². The quantitative estimate of drug-likeness (QED) is 0.905. The van der Waals surface area contributed by atoms with E-state index in [1.807, 2.05) is 54.6 Å². The van der Waals surface area contributed by atoms with E-state index in [1.54, 1.807) is 0 Å². The molecule has 0 aromatic heterocycles. The van der Waals surface area contributed by atoms with Gasteiger partial charge in [0.2, 0.25) is 0 Å². The number of rotatable bonds is 4. The number of carbonyl (C=O) groups is 1. The highest BCUT2D eigenvalue weighted by Crippen LogP contribution is 2.27. The smallest absolute Gasteiger partial charge is 0.325 e. The van der Waals surface area contributed by atoms with Gasteiger partial charge in [-0.25, -0.2) is 0 Å². The molecule has 1 heterocycles. The molecule has 2 atom stereocenters. The second kappa shape index (κ2) is 6.08. The summed E-state index contributed by atoms with van der Waals surface area (Å²) in [6, 6.07) is 16.3. The molecule has 4 heteroatoms. The van der Waals surface area contributed by atoms with Crippen LogP contribution >= 0.6 is 0 Å². The molecule has 2 unspecified atom stereocenters. The number of ether oxygens (including phenoxy) is 1. The zero-order valence-electron chi connectivity index (χ0n) is 11.5. The monoisotopic (exact) mass is 283 g/mol. The zero-order valence-corrected chi connectivity index (χ0v) is 11.5. The summed E-state index contributed by atoms with van der Waals surface area (Å²) in [5.41, 5.74) is 2.97. The van der Waals surface area contributed by atoms with E-state index in [4.69, 9.17) is 4.74 Å². The Labute approximate surface area is 123 Å². The van der Waals surface area contributed by atoms with Gasteiger partial charge in [0, 0.05) is 0 Å². The molecular weight excluding hydrogens is 266 g/mol. The number of hydrogen-bond acceptors (Lipinski definition) is 3. The van der Waals surface area contributed by atoms with Gasteiger partial charge < -0.3 is 9.84 Å². The van der Waals surface area contributed by atoms with Gasteiger partial charge in [0.1, 0.15) is 6.04 Å². The SMILES string of the molecule is O=C(O)C(NC1COCc2ccccc21)c1ccccc1. The second-order valence-electron chi connectivity index (χ2n) is 5.12. The molecule has 0 amide bonds. The van der Waals surface area contributed by atoms with Crippen LogP contribution in [-0.4, -0.2) is 17.7 Å². The molecule has 2 N–H and O–H groups in total. The van der Waals surface area contributed by atoms with E-state index in [0.717, 1.165) is 16.7 Å². The molecule has 0 spiro atoms. The maximum absolute atomic E-state index is 11.6. The molecular formula is C17H17NO3. The molecule has 2 aromatic rings. The highest BCUT2D eigenvalue weighted by Gasteiger charge is 2.27. The van der Waals surface area contributed by atoms with Crippen molar-refractivity contribution in [1.82, 2.24) is 5.32 Å². The molecule has 21 heavy (non-hydrogen) atoms. The molecule has 0 aliphatic carbocycles. The van der Waals surface area contributed by atoms with E-state index >= 15 is 0 Å². The summed E-state index contributed by atoms with van der Waals surface area (Å²) in [6.45, 7) is 1.06. The average molecular weight is 283 g/mol. The minimum absolute atomic E-state index is 0.115. The summed E-state index contributed by atoms with van der Waals surface area (Å²) in [6.07, 6.45) is 0. The Bertz CT molecular complexity index is 627. The van der Waals surface area contributed by atoms with Gasteiger partial charge in [-0.15, -0.1) is 0 Å². The first-order valence-electron chi connectivity index (χ1n) is 6.95. The lowest BCUT2D eigenvalue weighted by Gasteiger charge is -2.29. The first-order valence-corrected chi connectivity index (χ1v) is 6.95. The topological polar surface area (TPSA) is 58.6 Å². The molecule has 0 bridgehead atoms. The van der Waals surface area contributed by atoms with Crippen molar-refractivity contribution in [2.24, 2.45) is 0 Å². The van der Waals surface area contributed by atoms with Crippen LogP contribution in [0.2, 0.25) is 0 Å². The van der Waals surface area contributed by atoms with Crippen LogP contribution in [-0.2, 0) is 16.1 Å². The Morgan fingerprint density at radius 1 is 1.14 bits per heavy atom. The van der Waals surface area contributed by atoms with Crippen molar-refractivity contribution in [3.63, 3.8) is 0 Å². The van der Waals surface area contributed by atoms with E-state index < -0.39 is 12.0 Å². The van der Waals surface area contributed by atoms with E-state index in [-0.39, 0.29) is 6.04 Å². The van der Waals surface area contributed by atoms with Crippen LogP contribution in [0.4, 0.5) is 0 Å². The van der Waals surface area contributed by atoms with Crippen molar-refractivity contribution in [3.8, 4) is 0 Å². The molecule has 108 valence electrons. The Kier molecular flexibility index (Phi) is 3.99. The standard InChI is InChI=1S/C17H17NO3/c19-17(20)16(12-6-2-1-3-7-12)18-15-11-21-10-13-8-4-5-9-14(13)15/h1-9,15-16,18H,10-11H2,(H,19,20). The van der Waals surface area contributed by atoms with Crippen LogP contribution in [0.1, 0.15) is 28.8 Å². The molecule has 0 saturated carbocycles. The molecule has 1 aliphatic heterocycles. The van der Waals surface area contributed by atoms with Gasteiger partial charge in [-0.05, 0) is 16.7 Å². The van der Waals surface area contributed by atoms with Crippen LogP contribution in [0, 0.1) is 0 Å². The zero-order chi connectivity index (χ0) is 14.7. The summed E-state index contributed by atoms with van der Waals surface area (Å²) in [5.74, 6) is -0.885. The van der Waals surface area contributed by atoms with Crippen molar-refractivity contribution in [2.45, 2.75) is 18.7 Å². The molecule has 1 aliphatic rings. The summed E-state index contributed by atoms with van der Waals surface area (Å²) >= 11 is 0. The number of nitrogens with one attached hydrogen (secondary N) is 1. The third kappa shape index (κ3) is 2.96. The minimum atomic E-state index is -0.885. The maximum atomic E-state index is 11.6. The van der Waals surface area contributed by atoms with Crippen LogP contribution in [0.25, 0.3) is 0 Å². The number of benzene rings is 2. The summed E-state index contributed by atoms with van der Waals surface area (Å²) in [5, 5.41) is 12.7. The fraction of sp³-hybridized carbons (Fsp3) is 0.235. The first-order chi connectivity index (χ1) is 10.3. The highest BCUT2D eigenvalue weighted by atomic mass is 16.5. The molecule has 0 radical (unpaired) electrons. The third-order valence-electron chi connectivity index (χ3n) is 3.72. The van der Waals surface area contributed by atoms with Crippen molar-refractivity contribution in [3.05, 3.63) is 71.3 Å². The van der Waals surface area contributed by atoms with Crippen molar-refractivity contribution in [2.75, 3.05) is 6.61 Å². The number of fused-ring (bicyclic) bond motifs is 1. The normalized spacial score (nSPS) is 18.8. The van der Waals surface area contributed by atoms with Crippen LogP contribution < -0.4 is 5.32 Å². The van der Waals surface area contributed by atoms with Gasteiger partial charge >= 0.3 is 5.97 Å². The summed E-state index contributed by atoms with van der Waals surface area (Å²) in [4.78, 5) is 11.6. The lowest BCUT2D eigenvalue weighted by Crippen LogP contribution is -2.36. The van der Waals surface area contributed by atoms with E-state index in [2.05, 4.69) is 5.32 Å². The van der Waals surface area contributed by atoms with Crippen molar-refractivity contribution in [1.29, 1.82) is 0 Å². The van der Waals surface area contributed by atoms with E-state index in [0.29, 0.717) is 13.2 Å². The van der Waals surface area contributed by atoms with Gasteiger partial charge in [-0.3, -0.25) is 10.1 Å². The molecule has 3 rings (SSSR count). The van der Waals surface area contributed by atoms with Gasteiger partial charge in [0.15, 0.2) is 0 Å². The lowest BCUT2D eigenvalue weighted by molar-refractivity contribution is -0.140. The first kappa shape index (κ1) is 13.8. The predicted octanol–water partition coefficient (Wildman–Crippen LogP) is 2.67. The predicted molar refractivity (Wildman–Crippen MR) is 78.8 cm³/mol. The van der Waals surface area contributed by atoms with Gasteiger partial charge in [0.05, 0.1) is 19.3 Å². The second-order valence-corrected chi connectivity index (χ2v) is 5.12. The third-order valence-corrected chi connectivity index (χ3v) is 3.72. The molecule has 2 aromatic carbocycles. The molecule has 4 nitrogen and oxygen atoms in total. The van der Waals surface area contributed by atoms with E-state index in [9.17, 15) is 9.90 Å². The number of carboxylic acid groups (broad SMARTS) is 1. The molecule has 0 saturated heterocycles. The van der Waals surface area contributed by atoms with Crippen LogP contribution in [0.5, 0.6) is 0 Å². The van der Waals surface area contributed by atoms with Crippen LogP contribution in [0.15, 0.2) is 54.6 Å². The largest absolute Gasteiger partial charge is 0.480 e. The lowest BCUT2D eigenvalue weighted by atomic mass is 9.97. The fourth-order valence-electron chi connectivity index (χ4n) is 2.68. The summed E-state index contributed by atoms with van der Waals surface area (Å²) in [7, 11) is 0. The minimum Gasteiger partial charge on any atom is -0.480 e. The van der Waals surface area contributed by atoms with Gasteiger partial charge in [-0.2, -0.15) is 0 Å². The average Bonchev–Trinajstić information content (AvgIpc) is 2.53.